The monoisotopic (exact) mass is 464 g/mol. The lowest BCUT2D eigenvalue weighted by Gasteiger charge is -2.34. The van der Waals surface area contributed by atoms with Crippen molar-refractivity contribution in [2.75, 3.05) is 45.7 Å². The number of methoxy groups -OCH3 is 2. The van der Waals surface area contributed by atoms with Crippen LogP contribution in [0.15, 0.2) is 47.1 Å². The largest absolute Gasteiger partial charge is 0.497 e. The summed E-state index contributed by atoms with van der Waals surface area (Å²) in [5.74, 6) is 1.92. The van der Waals surface area contributed by atoms with Crippen molar-refractivity contribution in [3.05, 3.63) is 70.9 Å². The molecular formula is C26H32N4O4. The topological polar surface area (TPSA) is 80.1 Å². The van der Waals surface area contributed by atoms with Crippen molar-refractivity contribution in [1.29, 1.82) is 0 Å². The Kier molecular flexibility index (Phi) is 7.49. The van der Waals surface area contributed by atoms with Crippen LogP contribution in [0, 0.1) is 13.8 Å². The molecule has 1 N–H and O–H groups in total. The lowest BCUT2D eigenvalue weighted by Crippen LogP contribution is -2.45. The lowest BCUT2D eigenvalue weighted by molar-refractivity contribution is 0.102. The van der Waals surface area contributed by atoms with Crippen LogP contribution in [0.5, 0.6) is 11.5 Å². The van der Waals surface area contributed by atoms with Crippen LogP contribution in [-0.2, 0) is 13.1 Å². The Morgan fingerprint density at radius 2 is 1.71 bits per heavy atom. The standard InChI is InChI=1S/C26H32N4O4/c1-18-5-7-21(13-19(18)2)27-26(31)23-17-34-25(28-23)16-30-11-9-29(10-12-30)15-20-6-8-22(32-3)14-24(20)33-4/h5-8,13-14,17H,9-12,15-16H2,1-4H3,(H,27,31). The summed E-state index contributed by atoms with van der Waals surface area (Å²) in [6.45, 7) is 9.11. The predicted octanol–water partition coefficient (Wildman–Crippen LogP) is 3.88. The van der Waals surface area contributed by atoms with Gasteiger partial charge in [-0.05, 0) is 43.2 Å². The first-order chi connectivity index (χ1) is 16.4. The van der Waals surface area contributed by atoms with E-state index in [1.165, 1.54) is 11.8 Å². The van der Waals surface area contributed by atoms with Crippen LogP contribution in [-0.4, -0.2) is 61.1 Å². The zero-order chi connectivity index (χ0) is 24.1. The average Bonchev–Trinajstić information content (AvgIpc) is 3.31. The maximum atomic E-state index is 12.6. The molecule has 0 radical (unpaired) electrons. The van der Waals surface area contributed by atoms with Crippen molar-refractivity contribution in [2.24, 2.45) is 0 Å². The molecule has 0 atom stereocenters. The molecule has 2 aromatic carbocycles. The van der Waals surface area contributed by atoms with Crippen molar-refractivity contribution in [3.63, 3.8) is 0 Å². The molecule has 1 saturated heterocycles. The number of amides is 1. The molecule has 180 valence electrons. The molecule has 1 amide bonds. The van der Waals surface area contributed by atoms with Gasteiger partial charge < -0.3 is 19.2 Å². The number of rotatable bonds is 8. The zero-order valence-electron chi connectivity index (χ0n) is 20.3. The van der Waals surface area contributed by atoms with Crippen molar-refractivity contribution < 1.29 is 18.7 Å². The van der Waals surface area contributed by atoms with E-state index in [9.17, 15) is 4.79 Å². The number of hydrogen-bond donors (Lipinski definition) is 1. The van der Waals surface area contributed by atoms with E-state index in [1.807, 2.05) is 44.2 Å². The van der Waals surface area contributed by atoms with Gasteiger partial charge in [0.05, 0.1) is 20.8 Å². The second-order valence-electron chi connectivity index (χ2n) is 8.61. The number of ether oxygens (including phenoxy) is 2. The van der Waals surface area contributed by atoms with Crippen LogP contribution in [0.3, 0.4) is 0 Å². The molecule has 1 aromatic heterocycles. The number of aromatic nitrogens is 1. The predicted molar refractivity (Wildman–Crippen MR) is 130 cm³/mol. The number of benzene rings is 2. The van der Waals surface area contributed by atoms with Gasteiger partial charge in [-0.2, -0.15) is 0 Å². The summed E-state index contributed by atoms with van der Waals surface area (Å²) < 4.78 is 16.4. The number of carbonyl (C=O) groups excluding carboxylic acids is 1. The van der Waals surface area contributed by atoms with Gasteiger partial charge in [-0.1, -0.05) is 12.1 Å². The fraction of sp³-hybridized carbons (Fsp3) is 0.385. The van der Waals surface area contributed by atoms with Crippen LogP contribution in [0.2, 0.25) is 0 Å². The summed E-state index contributed by atoms with van der Waals surface area (Å²) >= 11 is 0. The van der Waals surface area contributed by atoms with E-state index in [0.717, 1.165) is 61.0 Å². The minimum absolute atomic E-state index is 0.267. The number of nitrogens with zero attached hydrogens (tertiary/aromatic N) is 3. The van der Waals surface area contributed by atoms with E-state index in [4.69, 9.17) is 13.9 Å². The minimum atomic E-state index is -0.267. The number of nitrogens with one attached hydrogen (secondary N) is 1. The summed E-state index contributed by atoms with van der Waals surface area (Å²) in [5, 5.41) is 2.89. The number of aryl methyl sites for hydroxylation is 2. The quantitative estimate of drug-likeness (QED) is 0.542. The van der Waals surface area contributed by atoms with E-state index in [2.05, 4.69) is 26.2 Å². The van der Waals surface area contributed by atoms with Crippen LogP contribution in [0.25, 0.3) is 0 Å². The van der Waals surface area contributed by atoms with Gasteiger partial charge in [0.1, 0.15) is 17.8 Å². The molecule has 8 heteroatoms. The molecule has 0 unspecified atom stereocenters. The van der Waals surface area contributed by atoms with Crippen molar-refractivity contribution in [2.45, 2.75) is 26.9 Å². The number of hydrogen-bond acceptors (Lipinski definition) is 7. The smallest absolute Gasteiger partial charge is 0.277 e. The van der Waals surface area contributed by atoms with Crippen LogP contribution in [0.4, 0.5) is 5.69 Å². The van der Waals surface area contributed by atoms with Gasteiger partial charge >= 0.3 is 0 Å². The van der Waals surface area contributed by atoms with Gasteiger partial charge in [-0.3, -0.25) is 14.6 Å². The first-order valence-electron chi connectivity index (χ1n) is 11.4. The molecule has 0 aliphatic carbocycles. The number of piperazine rings is 1. The van der Waals surface area contributed by atoms with Crippen molar-refractivity contribution >= 4 is 11.6 Å². The van der Waals surface area contributed by atoms with Gasteiger partial charge in [0, 0.05) is 50.0 Å². The van der Waals surface area contributed by atoms with Crippen LogP contribution < -0.4 is 14.8 Å². The summed E-state index contributed by atoms with van der Waals surface area (Å²) in [6, 6.07) is 11.8. The third-order valence-corrected chi connectivity index (χ3v) is 6.26. The number of anilines is 1. The van der Waals surface area contributed by atoms with Crippen molar-refractivity contribution in [1.82, 2.24) is 14.8 Å². The van der Waals surface area contributed by atoms with Gasteiger partial charge in [-0.25, -0.2) is 4.98 Å². The van der Waals surface area contributed by atoms with E-state index in [0.29, 0.717) is 18.1 Å². The number of oxazole rings is 1. The van der Waals surface area contributed by atoms with Crippen LogP contribution in [0.1, 0.15) is 33.1 Å². The Balaban J connectivity index is 1.28. The molecule has 3 aromatic rings. The molecule has 1 aliphatic heterocycles. The molecular weight excluding hydrogens is 432 g/mol. The lowest BCUT2D eigenvalue weighted by atomic mass is 10.1. The van der Waals surface area contributed by atoms with Gasteiger partial charge in [0.25, 0.3) is 5.91 Å². The Morgan fingerprint density at radius 3 is 2.38 bits per heavy atom. The second-order valence-corrected chi connectivity index (χ2v) is 8.61. The summed E-state index contributed by atoms with van der Waals surface area (Å²) in [6.07, 6.45) is 1.43. The third-order valence-electron chi connectivity index (χ3n) is 6.26. The highest BCUT2D eigenvalue weighted by atomic mass is 16.5. The third kappa shape index (κ3) is 5.76. The van der Waals surface area contributed by atoms with Gasteiger partial charge in [-0.15, -0.1) is 0 Å². The molecule has 0 bridgehead atoms. The van der Waals surface area contributed by atoms with Gasteiger partial charge in [0.15, 0.2) is 5.69 Å². The molecule has 4 rings (SSSR count). The van der Waals surface area contributed by atoms with Crippen LogP contribution >= 0.6 is 0 Å². The van der Waals surface area contributed by atoms with E-state index in [-0.39, 0.29) is 5.91 Å². The Labute approximate surface area is 200 Å². The first kappa shape index (κ1) is 23.8. The average molecular weight is 465 g/mol. The SMILES string of the molecule is COc1ccc(CN2CCN(Cc3nc(C(=O)Nc4ccc(C)c(C)c4)co3)CC2)c(OC)c1. The molecule has 0 spiro atoms. The fourth-order valence-electron chi connectivity index (χ4n) is 4.02. The van der Waals surface area contributed by atoms with Crippen molar-refractivity contribution in [3.8, 4) is 11.5 Å². The fourth-order valence-corrected chi connectivity index (χ4v) is 4.02. The summed E-state index contributed by atoms with van der Waals surface area (Å²) in [4.78, 5) is 21.6. The molecule has 2 heterocycles. The highest BCUT2D eigenvalue weighted by Crippen LogP contribution is 2.26. The molecule has 8 nitrogen and oxygen atoms in total. The Morgan fingerprint density at radius 1 is 0.971 bits per heavy atom. The normalized spacial score (nSPS) is 14.7. The maximum Gasteiger partial charge on any atom is 0.277 e. The number of carbonyl (C=O) groups is 1. The van der Waals surface area contributed by atoms with E-state index in [1.54, 1.807) is 14.2 Å². The van der Waals surface area contributed by atoms with E-state index < -0.39 is 0 Å². The molecule has 0 saturated carbocycles. The highest BCUT2D eigenvalue weighted by molar-refractivity contribution is 6.02. The second kappa shape index (κ2) is 10.7. The highest BCUT2D eigenvalue weighted by Gasteiger charge is 2.21. The Hall–Kier alpha value is -3.36. The summed E-state index contributed by atoms with van der Waals surface area (Å²) in [7, 11) is 3.34. The zero-order valence-corrected chi connectivity index (χ0v) is 20.3. The molecule has 1 aliphatic rings. The Bertz CT molecular complexity index is 1140. The van der Waals surface area contributed by atoms with E-state index >= 15 is 0 Å². The minimum Gasteiger partial charge on any atom is -0.497 e. The maximum absolute atomic E-state index is 12.6. The van der Waals surface area contributed by atoms with Gasteiger partial charge in [0.2, 0.25) is 5.89 Å². The first-order valence-corrected chi connectivity index (χ1v) is 11.4. The molecule has 1 fully saturated rings. The molecule has 34 heavy (non-hydrogen) atoms. The summed E-state index contributed by atoms with van der Waals surface area (Å²) in [5.41, 5.74) is 4.50.